The Morgan fingerprint density at radius 1 is 1.00 bits per heavy atom. The van der Waals surface area contributed by atoms with E-state index >= 15 is 0 Å². The highest BCUT2D eigenvalue weighted by molar-refractivity contribution is 6.74. The van der Waals surface area contributed by atoms with Crippen molar-refractivity contribution in [3.63, 3.8) is 0 Å². The third kappa shape index (κ3) is 5.46. The van der Waals surface area contributed by atoms with Crippen molar-refractivity contribution in [2.75, 3.05) is 0 Å². The van der Waals surface area contributed by atoms with Gasteiger partial charge in [0.1, 0.15) is 12.4 Å². The largest absolute Gasteiger partial charge is 0.487 e. The second-order valence-corrected chi connectivity index (χ2v) is 14.5. The maximum Gasteiger partial charge on any atom is 0.248 e. The Kier molecular flexibility index (Phi) is 7.07. The number of aromatic amines is 1. The molecule has 3 aromatic rings. The van der Waals surface area contributed by atoms with Gasteiger partial charge in [-0.05, 0) is 47.8 Å². The average molecular weight is 438 g/mol. The second kappa shape index (κ2) is 9.41. The van der Waals surface area contributed by atoms with E-state index in [-0.39, 0.29) is 16.7 Å². The Morgan fingerprint density at radius 3 is 2.35 bits per heavy atom. The zero-order valence-electron chi connectivity index (χ0n) is 19.6. The van der Waals surface area contributed by atoms with Crippen LogP contribution in [0, 0.1) is 0 Å². The van der Waals surface area contributed by atoms with E-state index in [2.05, 4.69) is 51.8 Å². The standard InChI is InChI=1S/C26H35NO3Si/c1-7-11-22(30-31(5,6)26(2,3)4)20-14-16-23(25-21(20)15-17-24(28)27-25)29-18-19-12-9-8-10-13-19/h8-10,12-17,22H,7,11,18H2,1-6H3,(H,27,28)/t22-/m0/s1. The predicted octanol–water partition coefficient (Wildman–Crippen LogP) is 6.97. The van der Waals surface area contributed by atoms with Gasteiger partial charge in [-0.1, -0.05) is 70.5 Å². The van der Waals surface area contributed by atoms with Gasteiger partial charge in [0.2, 0.25) is 5.56 Å². The monoisotopic (exact) mass is 437 g/mol. The smallest absolute Gasteiger partial charge is 0.248 e. The van der Waals surface area contributed by atoms with Crippen molar-refractivity contribution in [2.45, 2.75) is 71.4 Å². The molecule has 0 radical (unpaired) electrons. The maximum absolute atomic E-state index is 12.1. The van der Waals surface area contributed by atoms with Crippen LogP contribution < -0.4 is 10.3 Å². The van der Waals surface area contributed by atoms with Crippen molar-refractivity contribution in [1.82, 2.24) is 4.98 Å². The molecule has 4 nitrogen and oxygen atoms in total. The van der Waals surface area contributed by atoms with Gasteiger partial charge in [-0.3, -0.25) is 4.79 Å². The van der Waals surface area contributed by atoms with Gasteiger partial charge in [-0.15, -0.1) is 0 Å². The van der Waals surface area contributed by atoms with E-state index in [4.69, 9.17) is 9.16 Å². The molecule has 1 N–H and O–H groups in total. The summed E-state index contributed by atoms with van der Waals surface area (Å²) in [6, 6.07) is 17.6. The molecule has 5 heteroatoms. The molecule has 0 amide bonds. The third-order valence-corrected chi connectivity index (χ3v) is 10.8. The van der Waals surface area contributed by atoms with E-state index in [0.29, 0.717) is 12.4 Å². The van der Waals surface area contributed by atoms with Crippen LogP contribution in [0.5, 0.6) is 5.75 Å². The lowest BCUT2D eigenvalue weighted by Crippen LogP contribution is -2.41. The predicted molar refractivity (Wildman–Crippen MR) is 131 cm³/mol. The summed E-state index contributed by atoms with van der Waals surface area (Å²) >= 11 is 0. The molecular formula is C26H35NO3Si. The zero-order chi connectivity index (χ0) is 22.6. The maximum atomic E-state index is 12.1. The van der Waals surface area contributed by atoms with Crippen LogP contribution in [0.25, 0.3) is 10.9 Å². The van der Waals surface area contributed by atoms with E-state index < -0.39 is 8.32 Å². The Bertz CT molecular complexity index is 1070. The van der Waals surface area contributed by atoms with Gasteiger partial charge in [0.15, 0.2) is 8.32 Å². The normalized spacial score (nSPS) is 13.4. The van der Waals surface area contributed by atoms with Crippen LogP contribution in [-0.4, -0.2) is 13.3 Å². The number of hydrogen-bond donors (Lipinski definition) is 1. The van der Waals surface area contributed by atoms with Crippen molar-refractivity contribution in [2.24, 2.45) is 0 Å². The number of aromatic nitrogens is 1. The van der Waals surface area contributed by atoms with Crippen LogP contribution in [0.15, 0.2) is 59.4 Å². The highest BCUT2D eigenvalue weighted by atomic mass is 28.4. The molecule has 0 saturated carbocycles. The van der Waals surface area contributed by atoms with Gasteiger partial charge in [-0.2, -0.15) is 0 Å². The Morgan fingerprint density at radius 2 is 1.71 bits per heavy atom. The lowest BCUT2D eigenvalue weighted by atomic mass is 10.00. The summed E-state index contributed by atoms with van der Waals surface area (Å²) in [6.45, 7) is 14.0. The summed E-state index contributed by atoms with van der Waals surface area (Å²) in [5.74, 6) is 0.683. The lowest BCUT2D eigenvalue weighted by molar-refractivity contribution is 0.174. The highest BCUT2D eigenvalue weighted by Gasteiger charge is 2.39. The van der Waals surface area contributed by atoms with Gasteiger partial charge in [0, 0.05) is 11.5 Å². The molecule has 0 spiro atoms. The molecule has 0 fully saturated rings. The fourth-order valence-corrected chi connectivity index (χ4v) is 4.77. The van der Waals surface area contributed by atoms with Gasteiger partial charge in [0.05, 0.1) is 11.6 Å². The van der Waals surface area contributed by atoms with E-state index in [1.165, 1.54) is 0 Å². The summed E-state index contributed by atoms with van der Waals surface area (Å²) in [5, 5.41) is 1.12. The fraction of sp³-hybridized carbons (Fsp3) is 0.423. The summed E-state index contributed by atoms with van der Waals surface area (Å²) in [4.78, 5) is 15.1. The van der Waals surface area contributed by atoms with Crippen LogP contribution in [0.1, 0.15) is 57.8 Å². The van der Waals surface area contributed by atoms with E-state index in [1.807, 2.05) is 42.5 Å². The topological polar surface area (TPSA) is 51.3 Å². The molecule has 0 aliphatic rings. The molecule has 166 valence electrons. The summed E-state index contributed by atoms with van der Waals surface area (Å²) in [7, 11) is -1.96. The third-order valence-electron chi connectivity index (χ3n) is 6.27. The SMILES string of the molecule is CCC[C@H](O[Si](C)(C)C(C)(C)C)c1ccc(OCc2ccccc2)c2[nH]c(=O)ccc12. The fourth-order valence-electron chi connectivity index (χ4n) is 3.46. The minimum Gasteiger partial charge on any atom is -0.487 e. The average Bonchev–Trinajstić information content (AvgIpc) is 2.71. The number of H-pyrrole nitrogens is 1. The van der Waals surface area contributed by atoms with Crippen LogP contribution >= 0.6 is 0 Å². The van der Waals surface area contributed by atoms with Crippen molar-refractivity contribution < 1.29 is 9.16 Å². The van der Waals surface area contributed by atoms with E-state index in [9.17, 15) is 4.79 Å². The molecule has 0 unspecified atom stereocenters. The molecule has 1 heterocycles. The molecule has 0 saturated heterocycles. The number of benzene rings is 2. The first-order chi connectivity index (χ1) is 14.6. The van der Waals surface area contributed by atoms with Gasteiger partial charge >= 0.3 is 0 Å². The summed E-state index contributed by atoms with van der Waals surface area (Å²) in [6.07, 6.45) is 1.95. The second-order valence-electron chi connectivity index (χ2n) is 9.69. The first kappa shape index (κ1) is 23.3. The van der Waals surface area contributed by atoms with Crippen molar-refractivity contribution in [1.29, 1.82) is 0 Å². The van der Waals surface area contributed by atoms with Crippen molar-refractivity contribution in [3.8, 4) is 5.75 Å². The summed E-state index contributed by atoms with van der Waals surface area (Å²) < 4.78 is 13.0. The number of rotatable bonds is 8. The first-order valence-electron chi connectivity index (χ1n) is 11.1. The number of hydrogen-bond acceptors (Lipinski definition) is 3. The van der Waals surface area contributed by atoms with Gasteiger partial charge in [0.25, 0.3) is 0 Å². The zero-order valence-corrected chi connectivity index (χ0v) is 20.6. The molecule has 0 aliphatic carbocycles. The van der Waals surface area contributed by atoms with Crippen molar-refractivity contribution >= 4 is 19.2 Å². The number of fused-ring (bicyclic) bond motifs is 1. The van der Waals surface area contributed by atoms with Gasteiger partial charge in [-0.25, -0.2) is 0 Å². The minimum atomic E-state index is -1.96. The lowest BCUT2D eigenvalue weighted by Gasteiger charge is -2.39. The number of nitrogens with one attached hydrogen (secondary N) is 1. The van der Waals surface area contributed by atoms with Crippen LogP contribution in [0.4, 0.5) is 0 Å². The Balaban J connectivity index is 2.01. The molecule has 1 aromatic heterocycles. The molecule has 0 aliphatic heterocycles. The highest BCUT2D eigenvalue weighted by Crippen LogP contribution is 2.42. The van der Waals surface area contributed by atoms with E-state index in [0.717, 1.165) is 34.9 Å². The summed E-state index contributed by atoms with van der Waals surface area (Å²) in [5.41, 5.74) is 2.81. The molecular weight excluding hydrogens is 402 g/mol. The Hall–Kier alpha value is -2.37. The molecule has 1 atom stereocenters. The van der Waals surface area contributed by atoms with Crippen LogP contribution in [-0.2, 0) is 11.0 Å². The molecule has 2 aromatic carbocycles. The number of ether oxygens (including phenoxy) is 1. The molecule has 31 heavy (non-hydrogen) atoms. The molecule has 0 bridgehead atoms. The Labute approximate surface area is 186 Å². The van der Waals surface area contributed by atoms with E-state index in [1.54, 1.807) is 6.07 Å². The van der Waals surface area contributed by atoms with Crippen LogP contribution in [0.2, 0.25) is 18.1 Å². The number of pyridine rings is 1. The van der Waals surface area contributed by atoms with Gasteiger partial charge < -0.3 is 14.1 Å². The van der Waals surface area contributed by atoms with Crippen LogP contribution in [0.3, 0.4) is 0 Å². The minimum absolute atomic E-state index is 0.0116. The quantitative estimate of drug-likeness (QED) is 0.387. The molecule has 3 rings (SSSR count). The first-order valence-corrected chi connectivity index (χ1v) is 14.0. The van der Waals surface area contributed by atoms with Crippen molar-refractivity contribution in [3.05, 3.63) is 76.1 Å².